The highest BCUT2D eigenvalue weighted by Crippen LogP contribution is 2.47. The second-order valence-electron chi connectivity index (χ2n) is 9.98. The maximum absolute atomic E-state index is 5.94. The first-order valence-corrected chi connectivity index (χ1v) is 9.50. The molecule has 0 aromatic heterocycles. The monoisotopic (exact) mass is 356 g/mol. The van der Waals surface area contributed by atoms with E-state index >= 15 is 0 Å². The molecule has 144 valence electrons. The van der Waals surface area contributed by atoms with Gasteiger partial charge in [-0.05, 0) is 28.5 Å². The first kappa shape index (κ1) is 20.6. The first-order valence-electron chi connectivity index (χ1n) is 9.50. The Morgan fingerprint density at radius 2 is 1.35 bits per heavy atom. The van der Waals surface area contributed by atoms with E-state index in [4.69, 9.17) is 9.47 Å². The molecule has 1 unspecified atom stereocenters. The molecule has 2 rings (SSSR count). The summed E-state index contributed by atoms with van der Waals surface area (Å²) < 4.78 is 11.6. The Bertz CT molecular complexity index is 722. The van der Waals surface area contributed by atoms with Crippen molar-refractivity contribution in [3.8, 4) is 11.5 Å². The molecule has 2 nitrogen and oxygen atoms in total. The number of hydrogen-bond donors (Lipinski definition) is 0. The molecule has 0 saturated heterocycles. The zero-order valence-corrected chi connectivity index (χ0v) is 18.3. The molecule has 0 heterocycles. The maximum atomic E-state index is 5.94. The van der Waals surface area contributed by atoms with Crippen LogP contribution < -0.4 is 9.47 Å². The third kappa shape index (κ3) is 3.84. The van der Waals surface area contributed by atoms with E-state index in [0.29, 0.717) is 5.92 Å². The average Bonchev–Trinajstić information content (AvgIpc) is 3.03. The number of rotatable bonds is 4. The average molecular weight is 357 g/mol. The summed E-state index contributed by atoms with van der Waals surface area (Å²) in [5.41, 5.74) is 3.81. The van der Waals surface area contributed by atoms with E-state index in [9.17, 15) is 0 Å². The summed E-state index contributed by atoms with van der Waals surface area (Å²) >= 11 is 0. The Morgan fingerprint density at radius 3 is 1.77 bits per heavy atom. The van der Waals surface area contributed by atoms with Crippen molar-refractivity contribution in [1.29, 1.82) is 0 Å². The molecular formula is C24H36O2. The van der Waals surface area contributed by atoms with Crippen LogP contribution in [0.1, 0.15) is 66.5 Å². The SMILES string of the molecule is COc1cc(C(C)(C)C)c(OC)c(C(C)(C)C2C=CC(C(C)(C)C)=C2)c1. The van der Waals surface area contributed by atoms with Gasteiger partial charge in [-0.1, -0.05) is 73.6 Å². The molecular weight excluding hydrogens is 320 g/mol. The van der Waals surface area contributed by atoms with Crippen LogP contribution in [0.5, 0.6) is 11.5 Å². The van der Waals surface area contributed by atoms with Crippen LogP contribution in [0, 0.1) is 11.3 Å². The summed E-state index contributed by atoms with van der Waals surface area (Å²) in [7, 11) is 3.51. The molecule has 1 aromatic carbocycles. The van der Waals surface area contributed by atoms with Gasteiger partial charge in [0.05, 0.1) is 14.2 Å². The molecule has 0 saturated carbocycles. The van der Waals surface area contributed by atoms with E-state index in [0.717, 1.165) is 11.5 Å². The minimum atomic E-state index is -0.108. The van der Waals surface area contributed by atoms with Crippen LogP contribution in [-0.2, 0) is 10.8 Å². The van der Waals surface area contributed by atoms with E-state index in [1.165, 1.54) is 16.7 Å². The van der Waals surface area contributed by atoms with Crippen molar-refractivity contribution in [3.05, 3.63) is 47.1 Å². The summed E-state index contributed by atoms with van der Waals surface area (Å²) in [4.78, 5) is 0. The van der Waals surface area contributed by atoms with Crippen molar-refractivity contribution >= 4 is 0 Å². The zero-order chi connectivity index (χ0) is 19.9. The van der Waals surface area contributed by atoms with Crippen LogP contribution >= 0.6 is 0 Å². The predicted molar refractivity (Wildman–Crippen MR) is 111 cm³/mol. The van der Waals surface area contributed by atoms with Gasteiger partial charge in [-0.3, -0.25) is 0 Å². The summed E-state index contributed by atoms with van der Waals surface area (Å²) in [6, 6.07) is 4.25. The Balaban J connectivity index is 2.63. The van der Waals surface area contributed by atoms with Crippen LogP contribution in [0.4, 0.5) is 0 Å². The molecule has 0 bridgehead atoms. The molecule has 2 heteroatoms. The topological polar surface area (TPSA) is 18.5 Å². The standard InChI is InChI=1S/C24H36O2/c1-22(2,3)16-11-12-17(13-16)24(7,8)20-15-18(25-9)14-19(21(20)26-10)23(4,5)6/h11-15,17H,1-10H3. The van der Waals surface area contributed by atoms with Gasteiger partial charge in [0.15, 0.2) is 0 Å². The van der Waals surface area contributed by atoms with E-state index in [2.05, 4.69) is 85.8 Å². The molecule has 0 spiro atoms. The van der Waals surface area contributed by atoms with Crippen LogP contribution in [-0.4, -0.2) is 14.2 Å². The Labute approximate surface area is 160 Å². The highest BCUT2D eigenvalue weighted by atomic mass is 16.5. The zero-order valence-electron chi connectivity index (χ0n) is 18.3. The van der Waals surface area contributed by atoms with Gasteiger partial charge in [0.2, 0.25) is 0 Å². The maximum Gasteiger partial charge on any atom is 0.126 e. The lowest BCUT2D eigenvalue weighted by Crippen LogP contribution is -2.28. The number of hydrogen-bond acceptors (Lipinski definition) is 2. The summed E-state index contributed by atoms with van der Waals surface area (Å²) in [5, 5.41) is 0. The molecule has 1 aliphatic carbocycles. The fourth-order valence-electron chi connectivity index (χ4n) is 3.62. The summed E-state index contributed by atoms with van der Waals surface area (Å²) in [5.74, 6) is 2.20. The highest BCUT2D eigenvalue weighted by molar-refractivity contribution is 5.54. The fourth-order valence-corrected chi connectivity index (χ4v) is 3.62. The van der Waals surface area contributed by atoms with Crippen molar-refractivity contribution in [3.63, 3.8) is 0 Å². The molecule has 26 heavy (non-hydrogen) atoms. The lowest BCUT2D eigenvalue weighted by molar-refractivity contribution is 0.356. The largest absolute Gasteiger partial charge is 0.497 e. The van der Waals surface area contributed by atoms with Crippen molar-refractivity contribution in [2.75, 3.05) is 14.2 Å². The quantitative estimate of drug-likeness (QED) is 0.618. The van der Waals surface area contributed by atoms with Gasteiger partial charge in [-0.2, -0.15) is 0 Å². The molecule has 0 radical (unpaired) electrons. The van der Waals surface area contributed by atoms with Crippen LogP contribution in [0.2, 0.25) is 0 Å². The third-order valence-electron chi connectivity index (χ3n) is 5.55. The van der Waals surface area contributed by atoms with Gasteiger partial charge in [0, 0.05) is 22.5 Å². The van der Waals surface area contributed by atoms with Gasteiger partial charge in [0.1, 0.15) is 11.5 Å². The van der Waals surface area contributed by atoms with Crippen LogP contribution in [0.15, 0.2) is 35.9 Å². The molecule has 0 amide bonds. The predicted octanol–water partition coefficient (Wildman–Crippen LogP) is 6.44. The first-order chi connectivity index (χ1) is 11.8. The van der Waals surface area contributed by atoms with Crippen LogP contribution in [0.25, 0.3) is 0 Å². The minimum absolute atomic E-state index is 0.0252. The van der Waals surface area contributed by atoms with Crippen molar-refractivity contribution in [2.24, 2.45) is 11.3 Å². The van der Waals surface area contributed by atoms with Gasteiger partial charge < -0.3 is 9.47 Å². The minimum Gasteiger partial charge on any atom is -0.497 e. The molecule has 1 aromatic rings. The van der Waals surface area contributed by atoms with Crippen molar-refractivity contribution < 1.29 is 9.47 Å². The Kier molecular flexibility index (Phi) is 5.38. The van der Waals surface area contributed by atoms with E-state index in [-0.39, 0.29) is 16.2 Å². The number of benzene rings is 1. The number of methoxy groups -OCH3 is 2. The lowest BCUT2D eigenvalue weighted by atomic mass is 9.71. The van der Waals surface area contributed by atoms with Crippen molar-refractivity contribution in [1.82, 2.24) is 0 Å². The summed E-state index contributed by atoms with van der Waals surface area (Å²) in [6.45, 7) is 18.0. The fraction of sp³-hybridized carbons (Fsp3) is 0.583. The van der Waals surface area contributed by atoms with E-state index in [1.807, 2.05) is 0 Å². The number of allylic oxidation sites excluding steroid dienone is 4. The third-order valence-corrected chi connectivity index (χ3v) is 5.55. The molecule has 0 N–H and O–H groups in total. The molecule has 0 aliphatic heterocycles. The normalized spacial score (nSPS) is 18.1. The molecule has 1 aliphatic rings. The Morgan fingerprint density at radius 1 is 0.769 bits per heavy atom. The van der Waals surface area contributed by atoms with Gasteiger partial charge in [-0.25, -0.2) is 0 Å². The smallest absolute Gasteiger partial charge is 0.126 e. The molecule has 1 atom stereocenters. The van der Waals surface area contributed by atoms with Gasteiger partial charge in [-0.15, -0.1) is 0 Å². The van der Waals surface area contributed by atoms with Crippen molar-refractivity contribution in [2.45, 2.75) is 66.2 Å². The number of ether oxygens (including phenoxy) is 2. The highest BCUT2D eigenvalue weighted by Gasteiger charge is 2.36. The lowest BCUT2D eigenvalue weighted by Gasteiger charge is -2.35. The summed E-state index contributed by atoms with van der Waals surface area (Å²) in [6.07, 6.45) is 7.02. The second kappa shape index (κ2) is 6.79. The van der Waals surface area contributed by atoms with Crippen LogP contribution in [0.3, 0.4) is 0 Å². The van der Waals surface area contributed by atoms with Gasteiger partial charge in [0.25, 0.3) is 0 Å². The van der Waals surface area contributed by atoms with E-state index in [1.54, 1.807) is 14.2 Å². The molecule has 0 fully saturated rings. The van der Waals surface area contributed by atoms with E-state index < -0.39 is 0 Å². The second-order valence-corrected chi connectivity index (χ2v) is 9.98. The van der Waals surface area contributed by atoms with Gasteiger partial charge >= 0.3 is 0 Å². The Hall–Kier alpha value is -1.70.